The lowest BCUT2D eigenvalue weighted by Gasteiger charge is -2.36. The van der Waals surface area contributed by atoms with Crippen LogP contribution in [-0.2, 0) is 28.9 Å². The molecule has 1 N–H and O–H groups in total. The van der Waals surface area contributed by atoms with Crippen molar-refractivity contribution in [2.75, 3.05) is 26.3 Å². The van der Waals surface area contributed by atoms with Gasteiger partial charge in [-0.1, -0.05) is 18.2 Å². The third-order valence-electron chi connectivity index (χ3n) is 5.23. The molecule has 1 aliphatic carbocycles. The third-order valence-corrected chi connectivity index (χ3v) is 5.23. The van der Waals surface area contributed by atoms with Gasteiger partial charge in [0.2, 0.25) is 5.91 Å². The zero-order valence-corrected chi connectivity index (χ0v) is 13.0. The molecule has 2 heterocycles. The zero-order valence-electron chi connectivity index (χ0n) is 13.0. The van der Waals surface area contributed by atoms with E-state index in [1.165, 1.54) is 29.5 Å². The van der Waals surface area contributed by atoms with Crippen molar-refractivity contribution in [3.05, 3.63) is 34.9 Å². The molecule has 1 atom stereocenters. The number of fused-ring (bicyclic) bond motifs is 1. The van der Waals surface area contributed by atoms with Crippen LogP contribution >= 0.6 is 0 Å². The number of hydrogen-bond acceptors (Lipinski definition) is 3. The topological polar surface area (TPSA) is 41.6 Å². The van der Waals surface area contributed by atoms with E-state index in [4.69, 9.17) is 4.74 Å². The minimum atomic E-state index is 0.284. The Morgan fingerprint density at radius 2 is 2.27 bits per heavy atom. The Hall–Kier alpha value is -1.39. The van der Waals surface area contributed by atoms with Crippen LogP contribution in [0.4, 0.5) is 0 Å². The fraction of sp³-hybridized carbons (Fsp3) is 0.611. The van der Waals surface area contributed by atoms with E-state index in [2.05, 4.69) is 28.4 Å². The van der Waals surface area contributed by atoms with Gasteiger partial charge in [-0.3, -0.25) is 4.79 Å². The van der Waals surface area contributed by atoms with Gasteiger partial charge in [-0.05, 0) is 48.4 Å². The molecule has 4 rings (SSSR count). The van der Waals surface area contributed by atoms with Crippen LogP contribution in [0.2, 0.25) is 0 Å². The Kier molecular flexibility index (Phi) is 3.89. The molecular weight excluding hydrogens is 276 g/mol. The van der Waals surface area contributed by atoms with Crippen molar-refractivity contribution in [2.45, 2.75) is 38.3 Å². The monoisotopic (exact) mass is 300 g/mol. The van der Waals surface area contributed by atoms with Gasteiger partial charge in [-0.15, -0.1) is 0 Å². The van der Waals surface area contributed by atoms with E-state index in [0.29, 0.717) is 25.0 Å². The number of amides is 1. The average Bonchev–Trinajstić information content (AvgIpc) is 3.40. The predicted molar refractivity (Wildman–Crippen MR) is 84.6 cm³/mol. The Morgan fingerprint density at radius 1 is 1.36 bits per heavy atom. The van der Waals surface area contributed by atoms with Gasteiger partial charge in [-0.25, -0.2) is 0 Å². The number of carbonyl (C=O) groups excluding carboxylic acids is 1. The highest BCUT2D eigenvalue weighted by Crippen LogP contribution is 2.36. The minimum absolute atomic E-state index is 0.284. The minimum Gasteiger partial charge on any atom is -0.377 e. The molecule has 1 aromatic rings. The quantitative estimate of drug-likeness (QED) is 0.920. The molecule has 2 fully saturated rings. The van der Waals surface area contributed by atoms with Crippen molar-refractivity contribution in [1.82, 2.24) is 10.2 Å². The first kappa shape index (κ1) is 14.2. The number of hydrogen-bond donors (Lipinski definition) is 1. The van der Waals surface area contributed by atoms with E-state index in [1.54, 1.807) is 0 Å². The fourth-order valence-electron chi connectivity index (χ4n) is 3.85. The van der Waals surface area contributed by atoms with Crippen LogP contribution in [0.5, 0.6) is 0 Å². The average molecular weight is 300 g/mol. The van der Waals surface area contributed by atoms with Crippen LogP contribution in [0, 0.1) is 5.92 Å². The molecule has 1 aromatic carbocycles. The second kappa shape index (κ2) is 6.01. The van der Waals surface area contributed by atoms with E-state index in [9.17, 15) is 4.79 Å². The maximum Gasteiger partial charge on any atom is 0.227 e. The summed E-state index contributed by atoms with van der Waals surface area (Å²) in [4.78, 5) is 14.9. The van der Waals surface area contributed by atoms with Gasteiger partial charge < -0.3 is 15.0 Å². The summed E-state index contributed by atoms with van der Waals surface area (Å²) in [5, 5.41) is 3.40. The van der Waals surface area contributed by atoms with Crippen molar-refractivity contribution in [3.63, 3.8) is 0 Å². The van der Waals surface area contributed by atoms with Gasteiger partial charge in [0.25, 0.3) is 0 Å². The molecule has 1 amide bonds. The summed E-state index contributed by atoms with van der Waals surface area (Å²) in [6.45, 7) is 4.12. The highest BCUT2D eigenvalue weighted by atomic mass is 16.5. The first-order valence-corrected chi connectivity index (χ1v) is 8.50. The number of nitrogens with one attached hydrogen (secondary N) is 1. The number of rotatable bonds is 3. The fourth-order valence-corrected chi connectivity index (χ4v) is 3.85. The first-order chi connectivity index (χ1) is 10.8. The zero-order chi connectivity index (χ0) is 14.9. The van der Waals surface area contributed by atoms with Gasteiger partial charge in [-0.2, -0.15) is 0 Å². The van der Waals surface area contributed by atoms with Crippen molar-refractivity contribution >= 4 is 5.91 Å². The highest BCUT2D eigenvalue weighted by molar-refractivity contribution is 5.80. The molecule has 1 unspecified atom stereocenters. The molecule has 0 spiro atoms. The first-order valence-electron chi connectivity index (χ1n) is 8.50. The summed E-state index contributed by atoms with van der Waals surface area (Å²) in [5.74, 6) is 0.963. The van der Waals surface area contributed by atoms with Crippen molar-refractivity contribution in [2.24, 2.45) is 5.92 Å². The van der Waals surface area contributed by atoms with Crippen LogP contribution in [-0.4, -0.2) is 43.2 Å². The number of morpholine rings is 1. The summed E-state index contributed by atoms with van der Waals surface area (Å²) >= 11 is 0. The lowest BCUT2D eigenvalue weighted by Crippen LogP contribution is -2.50. The van der Waals surface area contributed by atoms with Crippen LogP contribution in [0.3, 0.4) is 0 Å². The van der Waals surface area contributed by atoms with Gasteiger partial charge in [0.05, 0.1) is 25.7 Å². The van der Waals surface area contributed by atoms with Crippen molar-refractivity contribution < 1.29 is 9.53 Å². The SMILES string of the molecule is O=C(Cc1cccc2c1CCNC2)N1CCOCC1C1CC1. The molecule has 118 valence electrons. The molecule has 0 bridgehead atoms. The number of benzene rings is 1. The second-order valence-corrected chi connectivity index (χ2v) is 6.73. The Morgan fingerprint density at radius 3 is 3.14 bits per heavy atom. The van der Waals surface area contributed by atoms with Gasteiger partial charge >= 0.3 is 0 Å². The molecular formula is C18H24N2O2. The molecule has 2 aliphatic heterocycles. The third kappa shape index (κ3) is 2.77. The van der Waals surface area contributed by atoms with E-state index in [1.807, 2.05) is 0 Å². The van der Waals surface area contributed by atoms with E-state index >= 15 is 0 Å². The van der Waals surface area contributed by atoms with E-state index in [0.717, 1.165) is 32.7 Å². The van der Waals surface area contributed by atoms with Crippen LogP contribution < -0.4 is 5.32 Å². The maximum absolute atomic E-state index is 12.9. The smallest absolute Gasteiger partial charge is 0.227 e. The molecule has 0 aromatic heterocycles. The van der Waals surface area contributed by atoms with Crippen molar-refractivity contribution in [1.29, 1.82) is 0 Å². The normalized spacial score (nSPS) is 24.9. The van der Waals surface area contributed by atoms with E-state index in [-0.39, 0.29) is 5.91 Å². The summed E-state index contributed by atoms with van der Waals surface area (Å²) in [6.07, 6.45) is 4.09. The molecule has 1 saturated carbocycles. The predicted octanol–water partition coefficient (Wildman–Crippen LogP) is 1.51. The summed E-state index contributed by atoms with van der Waals surface area (Å²) < 4.78 is 5.60. The number of nitrogens with zero attached hydrogens (tertiary/aromatic N) is 1. The van der Waals surface area contributed by atoms with Crippen LogP contribution in [0.15, 0.2) is 18.2 Å². The number of ether oxygens (including phenoxy) is 1. The van der Waals surface area contributed by atoms with Crippen LogP contribution in [0.25, 0.3) is 0 Å². The molecule has 1 saturated heterocycles. The standard InChI is InChI=1S/C18H24N2O2/c21-18(20-8-9-22-12-17(20)13-4-5-13)10-14-2-1-3-15-11-19-7-6-16(14)15/h1-3,13,17,19H,4-12H2. The summed E-state index contributed by atoms with van der Waals surface area (Å²) in [7, 11) is 0. The molecule has 4 nitrogen and oxygen atoms in total. The number of carbonyl (C=O) groups is 1. The Balaban J connectivity index is 1.51. The summed E-state index contributed by atoms with van der Waals surface area (Å²) in [6, 6.07) is 6.72. The lowest BCUT2D eigenvalue weighted by atomic mass is 9.93. The van der Waals surface area contributed by atoms with Gasteiger partial charge in [0, 0.05) is 13.1 Å². The largest absolute Gasteiger partial charge is 0.377 e. The lowest BCUT2D eigenvalue weighted by molar-refractivity contribution is -0.140. The van der Waals surface area contributed by atoms with E-state index < -0.39 is 0 Å². The van der Waals surface area contributed by atoms with Crippen molar-refractivity contribution in [3.8, 4) is 0 Å². The van der Waals surface area contributed by atoms with Gasteiger partial charge in [0.1, 0.15) is 0 Å². The Bertz CT molecular complexity index is 568. The van der Waals surface area contributed by atoms with Crippen LogP contribution in [0.1, 0.15) is 29.5 Å². The molecule has 22 heavy (non-hydrogen) atoms. The molecule has 3 aliphatic rings. The highest BCUT2D eigenvalue weighted by Gasteiger charge is 2.39. The summed E-state index contributed by atoms with van der Waals surface area (Å²) in [5.41, 5.74) is 3.98. The second-order valence-electron chi connectivity index (χ2n) is 6.73. The molecule has 0 radical (unpaired) electrons. The maximum atomic E-state index is 12.9. The Labute approximate surface area is 131 Å². The molecule has 4 heteroatoms. The van der Waals surface area contributed by atoms with Gasteiger partial charge in [0.15, 0.2) is 0 Å².